The van der Waals surface area contributed by atoms with Crippen LogP contribution in [0, 0.1) is 0 Å². The van der Waals surface area contributed by atoms with E-state index in [4.69, 9.17) is 0 Å². The summed E-state index contributed by atoms with van der Waals surface area (Å²) in [7, 11) is 1.95. The van der Waals surface area contributed by atoms with Gasteiger partial charge in [-0.1, -0.05) is 19.1 Å². The van der Waals surface area contributed by atoms with E-state index in [-0.39, 0.29) is 18.4 Å². The van der Waals surface area contributed by atoms with Gasteiger partial charge in [0.05, 0.1) is 23.8 Å². The summed E-state index contributed by atoms with van der Waals surface area (Å²) in [5.41, 5.74) is 0.998. The van der Waals surface area contributed by atoms with Gasteiger partial charge >= 0.3 is 0 Å². The molecule has 2 amide bonds. The van der Waals surface area contributed by atoms with Crippen LogP contribution in [0.25, 0.3) is 10.2 Å². The number of thiazole rings is 1. The zero-order chi connectivity index (χ0) is 16.7. The monoisotopic (exact) mass is 335 g/mol. The molecular weight excluding hydrogens is 312 g/mol. The molecule has 1 aromatic heterocycles. The topological polar surface area (TPSA) is 75.5 Å². The third kappa shape index (κ3) is 5.61. The van der Waals surface area contributed by atoms with Crippen LogP contribution in [0.1, 0.15) is 18.4 Å². The summed E-state index contributed by atoms with van der Waals surface area (Å²) in [5.74, 6) is -0.278. The van der Waals surface area contributed by atoms with Crippen LogP contribution < -0.4 is 15.5 Å². The highest BCUT2D eigenvalue weighted by atomic mass is 32.1. The minimum Gasteiger partial charge on any atom is -0.355 e. The maximum atomic E-state index is 11.9. The van der Waals surface area contributed by atoms with E-state index in [9.17, 15) is 9.59 Å². The van der Waals surface area contributed by atoms with Gasteiger partial charge in [-0.3, -0.25) is 9.59 Å². The van der Waals surface area contributed by atoms with E-state index in [1.807, 2.05) is 38.2 Å². The summed E-state index contributed by atoms with van der Waals surface area (Å²) in [6.07, 6.45) is 0.884. The van der Waals surface area contributed by atoms with E-state index >= 15 is 0 Å². The Morgan fingerprint density at radius 2 is 2.00 bits per heavy atom. The molecule has 0 spiro atoms. The van der Waals surface area contributed by atoms with Crippen LogP contribution in [0.4, 0.5) is 0 Å². The number of benzene rings is 1. The van der Waals surface area contributed by atoms with E-state index in [2.05, 4.69) is 15.6 Å². The van der Waals surface area contributed by atoms with Crippen molar-refractivity contribution in [2.75, 3.05) is 26.7 Å². The molecule has 2 rings (SSSR count). The molecule has 1 aromatic carbocycles. The molecule has 7 heteroatoms. The van der Waals surface area contributed by atoms with E-state index in [0.29, 0.717) is 19.6 Å². The standard InChI is InChI=1S/C16H22N4O2S/c1-3-8-17-14(21)9-18-15(22)10-20(2)11-16-19-12-6-4-5-7-13(12)23-16/h4-7H,3,8-11H2,1-2H3,(H,17,21)(H,18,22)/p+1. The number of amides is 2. The van der Waals surface area contributed by atoms with Crippen LogP contribution in [0.3, 0.4) is 0 Å². The number of aromatic nitrogens is 1. The number of rotatable bonds is 8. The van der Waals surface area contributed by atoms with Crippen LogP contribution in [-0.4, -0.2) is 43.5 Å². The first kappa shape index (κ1) is 17.4. The molecule has 23 heavy (non-hydrogen) atoms. The Balaban J connectivity index is 1.76. The fourth-order valence-electron chi connectivity index (χ4n) is 2.16. The summed E-state index contributed by atoms with van der Waals surface area (Å²) in [6, 6.07) is 8.01. The largest absolute Gasteiger partial charge is 0.355 e. The molecule has 0 aliphatic heterocycles. The zero-order valence-electron chi connectivity index (χ0n) is 13.5. The van der Waals surface area contributed by atoms with E-state index in [1.54, 1.807) is 11.3 Å². The fraction of sp³-hybridized carbons (Fsp3) is 0.438. The van der Waals surface area contributed by atoms with Gasteiger partial charge < -0.3 is 15.5 Å². The van der Waals surface area contributed by atoms with Crippen molar-refractivity contribution in [1.82, 2.24) is 15.6 Å². The molecule has 0 fully saturated rings. The number of nitrogens with one attached hydrogen (secondary N) is 3. The molecule has 3 N–H and O–H groups in total. The predicted octanol–water partition coefficient (Wildman–Crippen LogP) is -0.0466. The van der Waals surface area contributed by atoms with Gasteiger partial charge in [-0.15, -0.1) is 11.3 Å². The molecule has 1 heterocycles. The first-order valence-corrected chi connectivity index (χ1v) is 8.59. The van der Waals surface area contributed by atoms with Gasteiger partial charge in [-0.2, -0.15) is 0 Å². The Labute approximate surface area is 139 Å². The number of hydrogen-bond donors (Lipinski definition) is 3. The number of likely N-dealkylation sites (N-methyl/N-ethyl adjacent to an activating group) is 1. The number of carbonyl (C=O) groups is 2. The van der Waals surface area contributed by atoms with Crippen molar-refractivity contribution in [2.45, 2.75) is 19.9 Å². The van der Waals surface area contributed by atoms with Gasteiger partial charge in [0.1, 0.15) is 11.6 Å². The summed E-state index contributed by atoms with van der Waals surface area (Å²) < 4.78 is 1.16. The Morgan fingerprint density at radius 3 is 2.74 bits per heavy atom. The SMILES string of the molecule is CCCNC(=O)CNC(=O)C[NH+](C)Cc1nc2ccccc2s1. The molecular formula is C16H23N4O2S+. The number of carbonyl (C=O) groups excluding carboxylic acids is 2. The highest BCUT2D eigenvalue weighted by Crippen LogP contribution is 2.20. The van der Waals surface area contributed by atoms with E-state index in [1.165, 1.54) is 0 Å². The molecule has 0 saturated heterocycles. The van der Waals surface area contributed by atoms with Gasteiger partial charge in [0.15, 0.2) is 6.54 Å². The number of quaternary nitrogens is 1. The van der Waals surface area contributed by atoms with E-state index < -0.39 is 0 Å². The lowest BCUT2D eigenvalue weighted by Gasteiger charge is -2.12. The summed E-state index contributed by atoms with van der Waals surface area (Å²) in [5, 5.41) is 6.38. The Hall–Kier alpha value is -1.99. The Bertz CT molecular complexity index is 638. The molecule has 0 saturated carbocycles. The molecule has 0 aliphatic carbocycles. The number of fused-ring (bicyclic) bond motifs is 1. The summed E-state index contributed by atoms with van der Waals surface area (Å²) in [6.45, 7) is 3.66. The molecule has 1 unspecified atom stereocenters. The molecule has 0 bridgehead atoms. The number of para-hydroxylation sites is 1. The Morgan fingerprint density at radius 1 is 1.22 bits per heavy atom. The third-order valence-corrected chi connectivity index (χ3v) is 4.31. The van der Waals surface area contributed by atoms with Crippen molar-refractivity contribution in [2.24, 2.45) is 0 Å². The van der Waals surface area contributed by atoms with Crippen LogP contribution in [0.15, 0.2) is 24.3 Å². The predicted molar refractivity (Wildman–Crippen MR) is 91.4 cm³/mol. The quantitative estimate of drug-likeness (QED) is 0.633. The normalized spacial score (nSPS) is 12.1. The van der Waals surface area contributed by atoms with E-state index in [0.717, 1.165) is 26.5 Å². The molecule has 124 valence electrons. The zero-order valence-corrected chi connectivity index (χ0v) is 14.3. The molecule has 0 radical (unpaired) electrons. The maximum Gasteiger partial charge on any atom is 0.275 e. The highest BCUT2D eigenvalue weighted by Gasteiger charge is 2.14. The second kappa shape index (κ2) is 8.59. The summed E-state index contributed by atoms with van der Waals surface area (Å²) in [4.78, 5) is 28.9. The third-order valence-electron chi connectivity index (χ3n) is 3.27. The fourth-order valence-corrected chi connectivity index (χ4v) is 3.24. The average Bonchev–Trinajstić information content (AvgIpc) is 2.92. The molecule has 6 nitrogen and oxygen atoms in total. The van der Waals surface area contributed by atoms with Crippen LogP contribution in [0.2, 0.25) is 0 Å². The first-order chi connectivity index (χ1) is 11.1. The molecule has 1 atom stereocenters. The number of nitrogens with zero attached hydrogens (tertiary/aromatic N) is 1. The smallest absolute Gasteiger partial charge is 0.275 e. The van der Waals surface area contributed by atoms with Crippen molar-refractivity contribution in [3.8, 4) is 0 Å². The van der Waals surface area contributed by atoms with Crippen molar-refractivity contribution in [3.63, 3.8) is 0 Å². The summed E-state index contributed by atoms with van der Waals surface area (Å²) >= 11 is 1.65. The first-order valence-electron chi connectivity index (χ1n) is 7.77. The lowest BCUT2D eigenvalue weighted by atomic mass is 10.3. The van der Waals surface area contributed by atoms with Gasteiger partial charge in [-0.25, -0.2) is 4.98 Å². The highest BCUT2D eigenvalue weighted by molar-refractivity contribution is 7.18. The molecule has 2 aromatic rings. The van der Waals surface area contributed by atoms with Crippen molar-refractivity contribution < 1.29 is 14.5 Å². The van der Waals surface area contributed by atoms with Gasteiger partial charge in [0, 0.05) is 6.54 Å². The molecule has 0 aliphatic rings. The number of hydrogen-bond acceptors (Lipinski definition) is 4. The van der Waals surface area contributed by atoms with Crippen molar-refractivity contribution in [3.05, 3.63) is 29.3 Å². The van der Waals surface area contributed by atoms with Crippen LogP contribution in [0.5, 0.6) is 0 Å². The second-order valence-corrected chi connectivity index (χ2v) is 6.63. The average molecular weight is 335 g/mol. The van der Waals surface area contributed by atoms with Gasteiger partial charge in [0.2, 0.25) is 5.91 Å². The Kier molecular flexibility index (Phi) is 6.49. The van der Waals surface area contributed by atoms with Crippen molar-refractivity contribution in [1.29, 1.82) is 0 Å². The maximum absolute atomic E-state index is 11.9. The van der Waals surface area contributed by atoms with Crippen LogP contribution in [-0.2, 0) is 16.1 Å². The lowest BCUT2D eigenvalue weighted by molar-refractivity contribution is -0.885. The minimum absolute atomic E-state index is 0.0350. The lowest BCUT2D eigenvalue weighted by Crippen LogP contribution is -3.08. The van der Waals surface area contributed by atoms with Gasteiger partial charge in [-0.05, 0) is 18.6 Å². The minimum atomic E-state index is -0.149. The van der Waals surface area contributed by atoms with Crippen molar-refractivity contribution >= 4 is 33.4 Å². The van der Waals surface area contributed by atoms with Crippen LogP contribution >= 0.6 is 11.3 Å². The van der Waals surface area contributed by atoms with Gasteiger partial charge in [0.25, 0.3) is 5.91 Å². The second-order valence-electron chi connectivity index (χ2n) is 5.51.